The van der Waals surface area contributed by atoms with E-state index < -0.39 is 41.5 Å². The second-order valence-corrected chi connectivity index (χ2v) is 16.2. The van der Waals surface area contributed by atoms with E-state index in [2.05, 4.69) is 17.1 Å². The highest BCUT2D eigenvalue weighted by molar-refractivity contribution is 6.36. The number of hydrogen-bond acceptors (Lipinski definition) is 10. The van der Waals surface area contributed by atoms with Crippen LogP contribution in [0.4, 0.5) is 4.79 Å². The zero-order valence-corrected chi connectivity index (χ0v) is 30.7. The number of primary amides is 1. The van der Waals surface area contributed by atoms with Gasteiger partial charge in [0.15, 0.2) is 0 Å². The van der Waals surface area contributed by atoms with E-state index in [4.69, 9.17) is 46.0 Å². The van der Waals surface area contributed by atoms with Gasteiger partial charge in [0.1, 0.15) is 59.0 Å². The fourth-order valence-electron chi connectivity index (χ4n) is 7.83. The van der Waals surface area contributed by atoms with Gasteiger partial charge in [-0.15, -0.1) is 0 Å². The van der Waals surface area contributed by atoms with Crippen LogP contribution in [0.2, 0.25) is 5.02 Å². The molecule has 278 valence electrons. The summed E-state index contributed by atoms with van der Waals surface area (Å²) in [7, 11) is 0. The van der Waals surface area contributed by atoms with Crippen LogP contribution in [-0.2, 0) is 19.1 Å². The van der Waals surface area contributed by atoms with E-state index in [1.54, 1.807) is 12.1 Å². The largest absolute Gasteiger partial charge is 0.491 e. The monoisotopic (exact) mass is 727 g/mol. The third-order valence-corrected chi connectivity index (χ3v) is 11.4. The number of likely N-dealkylation sites (tertiary alicyclic amines) is 1. The number of carbonyl (C=O) groups is 3. The number of morpholine rings is 1. The Morgan fingerprint density at radius 3 is 2.43 bits per heavy atom. The summed E-state index contributed by atoms with van der Waals surface area (Å²) in [6.07, 6.45) is 2.46. The maximum absolute atomic E-state index is 14.2. The van der Waals surface area contributed by atoms with Crippen LogP contribution in [0.1, 0.15) is 59.8 Å². The minimum Gasteiger partial charge on any atom is -0.491 e. The van der Waals surface area contributed by atoms with Crippen molar-refractivity contribution in [2.24, 2.45) is 28.9 Å². The summed E-state index contributed by atoms with van der Waals surface area (Å²) in [6.45, 7) is 12.2. The van der Waals surface area contributed by atoms with Gasteiger partial charge in [-0.1, -0.05) is 39.3 Å². The van der Waals surface area contributed by atoms with Crippen molar-refractivity contribution < 1.29 is 38.1 Å². The normalized spacial score (nSPS) is 28.2. The molecule has 0 bridgehead atoms. The van der Waals surface area contributed by atoms with Crippen molar-refractivity contribution >= 4 is 40.4 Å². The topological polar surface area (TPSA) is 155 Å². The molecule has 1 aromatic carbocycles. The van der Waals surface area contributed by atoms with E-state index in [1.165, 1.54) is 4.90 Å². The first kappa shape index (κ1) is 35.8. The molecule has 2 aliphatic heterocycles. The minimum absolute atomic E-state index is 0.0739. The van der Waals surface area contributed by atoms with Crippen LogP contribution in [0.5, 0.6) is 17.4 Å². The van der Waals surface area contributed by atoms with Crippen LogP contribution in [0.3, 0.4) is 0 Å². The van der Waals surface area contributed by atoms with Crippen molar-refractivity contribution in [3.8, 4) is 17.4 Å². The van der Waals surface area contributed by atoms with Gasteiger partial charge < -0.3 is 39.6 Å². The number of alkyl carbamates (subject to hydrolysis) is 1. The van der Waals surface area contributed by atoms with Gasteiger partial charge >= 0.3 is 6.09 Å². The molecular weight excluding hydrogens is 678 g/mol. The number of rotatable bonds is 12. The van der Waals surface area contributed by atoms with Crippen LogP contribution in [0.25, 0.3) is 10.9 Å². The van der Waals surface area contributed by atoms with Crippen LogP contribution in [0.15, 0.2) is 18.2 Å². The highest BCUT2D eigenvalue weighted by Gasteiger charge is 2.54. The zero-order chi connectivity index (χ0) is 36.0. The van der Waals surface area contributed by atoms with Crippen LogP contribution >= 0.6 is 11.6 Å². The lowest BCUT2D eigenvalue weighted by molar-refractivity contribution is -0.141. The molecule has 7 rings (SSSR count). The summed E-state index contributed by atoms with van der Waals surface area (Å²) in [5, 5.41) is 3.80. The van der Waals surface area contributed by atoms with Crippen molar-refractivity contribution in [1.29, 1.82) is 0 Å². The summed E-state index contributed by atoms with van der Waals surface area (Å²) >= 11 is 6.90. The third kappa shape index (κ3) is 8.10. The highest BCUT2D eigenvalue weighted by Crippen LogP contribution is 2.57. The zero-order valence-electron chi connectivity index (χ0n) is 29.9. The lowest BCUT2D eigenvalue weighted by atomic mass is 9.85. The average molecular weight is 728 g/mol. The lowest BCUT2D eigenvalue weighted by Gasteiger charge is -2.35. The van der Waals surface area contributed by atoms with Gasteiger partial charge in [0.05, 0.1) is 19.8 Å². The molecule has 5 fully saturated rings. The molecule has 3 saturated carbocycles. The summed E-state index contributed by atoms with van der Waals surface area (Å²) in [5.74, 6) is 2.18. The molecule has 7 atom stereocenters. The fourth-order valence-corrected chi connectivity index (χ4v) is 8.09. The maximum atomic E-state index is 14.2. The number of carbonyl (C=O) groups excluding carboxylic acids is 3. The van der Waals surface area contributed by atoms with Crippen molar-refractivity contribution in [3.63, 3.8) is 0 Å². The number of nitrogens with one attached hydrogen (secondary N) is 1. The van der Waals surface area contributed by atoms with E-state index in [9.17, 15) is 14.4 Å². The van der Waals surface area contributed by atoms with E-state index in [0.29, 0.717) is 70.9 Å². The molecule has 3 heterocycles. The molecule has 3 N–H and O–H groups in total. The predicted molar refractivity (Wildman–Crippen MR) is 189 cm³/mol. The van der Waals surface area contributed by atoms with Gasteiger partial charge in [-0.25, -0.2) is 9.78 Å². The second-order valence-electron chi connectivity index (χ2n) is 15.9. The Bertz CT molecular complexity index is 1630. The Morgan fingerprint density at radius 2 is 1.76 bits per heavy atom. The first-order chi connectivity index (χ1) is 24.4. The van der Waals surface area contributed by atoms with Gasteiger partial charge in [-0.3, -0.25) is 14.5 Å². The number of nitrogens with two attached hydrogens (primary N) is 1. The molecule has 5 aliphatic rings. The SMILES string of the molecule is C[C@H]1[C@H]2C[C@@H](OC(=O)N[C@H](C(=O)N3CC(Oc4cc(OC5CC5)nc5c(Cl)c(OCCN6CCOCC6)ccc45)C[C@H]3C(N)=O)C(C)(C)C)C[C@@H]12. The number of nitrogens with zero attached hydrogens (tertiary/aromatic N) is 3. The number of hydrogen-bond donors (Lipinski definition) is 2. The number of halogens is 1. The van der Waals surface area contributed by atoms with Gasteiger partial charge in [-0.2, -0.15) is 0 Å². The van der Waals surface area contributed by atoms with Crippen LogP contribution < -0.4 is 25.3 Å². The first-order valence-electron chi connectivity index (χ1n) is 18.3. The first-order valence-corrected chi connectivity index (χ1v) is 18.7. The number of pyridine rings is 1. The molecule has 0 radical (unpaired) electrons. The standard InChI is InChI=1S/C37H50ClN5O8/c1-20-25-15-22(16-26(20)25)51-36(46)41-33(37(2,3)4)35(45)43-19-23(17-27(43)34(39)44)49-29-18-30(50-21-5-6-21)40-32-24(29)7-8-28(31(32)38)48-14-11-42-9-12-47-13-10-42/h7-8,18,20-23,25-27,33H,5-6,9-17,19H2,1-4H3,(H2,39,44)(H,41,46)/t20-,22+,23?,25+,26-,27-,33+/m0/s1. The molecule has 0 spiro atoms. The van der Waals surface area contributed by atoms with Crippen molar-refractivity contribution in [2.75, 3.05) is 46.0 Å². The van der Waals surface area contributed by atoms with E-state index in [0.717, 1.165) is 45.3 Å². The Kier molecular flexibility index (Phi) is 10.2. The molecule has 3 aliphatic carbocycles. The van der Waals surface area contributed by atoms with Gasteiger partial charge in [0.2, 0.25) is 17.7 Å². The maximum Gasteiger partial charge on any atom is 0.408 e. The molecule has 1 unspecified atom stereocenters. The minimum atomic E-state index is -0.957. The summed E-state index contributed by atoms with van der Waals surface area (Å²) in [4.78, 5) is 48.4. The Hall–Kier alpha value is -3.55. The van der Waals surface area contributed by atoms with Gasteiger partial charge in [0, 0.05) is 37.5 Å². The highest BCUT2D eigenvalue weighted by atomic mass is 35.5. The van der Waals surface area contributed by atoms with Crippen molar-refractivity contribution in [2.45, 2.75) is 90.2 Å². The van der Waals surface area contributed by atoms with Crippen molar-refractivity contribution in [3.05, 3.63) is 23.2 Å². The summed E-state index contributed by atoms with van der Waals surface area (Å²) in [6, 6.07) is 3.48. The quantitative estimate of drug-likeness (QED) is 0.326. The van der Waals surface area contributed by atoms with E-state index in [-0.39, 0.29) is 25.2 Å². The number of ether oxygens (including phenoxy) is 5. The molecule has 1 aromatic heterocycles. The van der Waals surface area contributed by atoms with Crippen molar-refractivity contribution in [1.82, 2.24) is 20.1 Å². The summed E-state index contributed by atoms with van der Waals surface area (Å²) < 4.78 is 29.9. The van der Waals surface area contributed by atoms with Gasteiger partial charge in [-0.05, 0) is 61.0 Å². The number of benzene rings is 1. The average Bonchev–Trinajstić information content (AvgIpc) is 3.88. The Balaban J connectivity index is 1.07. The lowest BCUT2D eigenvalue weighted by Crippen LogP contribution is -2.57. The predicted octanol–water partition coefficient (Wildman–Crippen LogP) is 4.16. The fraction of sp³-hybridized carbons (Fsp3) is 0.676. The van der Waals surface area contributed by atoms with Crippen LogP contribution in [0, 0.1) is 23.2 Å². The van der Waals surface area contributed by atoms with Gasteiger partial charge in [0.25, 0.3) is 0 Å². The molecule has 3 amide bonds. The van der Waals surface area contributed by atoms with E-state index >= 15 is 0 Å². The Labute approximate surface area is 303 Å². The molecule has 51 heavy (non-hydrogen) atoms. The third-order valence-electron chi connectivity index (χ3n) is 11.0. The summed E-state index contributed by atoms with van der Waals surface area (Å²) in [5.41, 5.74) is 5.64. The molecule has 13 nitrogen and oxygen atoms in total. The molecular formula is C37H50ClN5O8. The van der Waals surface area contributed by atoms with Crippen LogP contribution in [-0.4, -0.2) is 109 Å². The molecule has 2 saturated heterocycles. The number of fused-ring (bicyclic) bond motifs is 2. The number of aromatic nitrogens is 1. The smallest absolute Gasteiger partial charge is 0.408 e. The molecule has 14 heteroatoms. The number of amides is 3. The van der Waals surface area contributed by atoms with E-state index in [1.807, 2.05) is 26.8 Å². The Morgan fingerprint density at radius 1 is 1.04 bits per heavy atom. The molecule has 2 aromatic rings. The second kappa shape index (κ2) is 14.5.